The van der Waals surface area contributed by atoms with Gasteiger partial charge in [0.25, 0.3) is 0 Å². The fourth-order valence-electron chi connectivity index (χ4n) is 8.84. The Hall–Kier alpha value is -4.97. The van der Waals surface area contributed by atoms with Crippen LogP contribution in [0.1, 0.15) is 284 Å². The highest BCUT2D eigenvalue weighted by molar-refractivity contribution is 5.71. The minimum absolute atomic E-state index is 0.0957. The summed E-state index contributed by atoms with van der Waals surface area (Å²) < 4.78 is 16.8. The fourth-order valence-corrected chi connectivity index (χ4v) is 8.84. The van der Waals surface area contributed by atoms with Crippen molar-refractivity contribution in [3.05, 3.63) is 158 Å². The number of hydrogen-bond donors (Lipinski definition) is 0. The van der Waals surface area contributed by atoms with Gasteiger partial charge >= 0.3 is 17.9 Å². The average Bonchev–Trinajstić information content (AvgIpc) is 3.47. The quantitative estimate of drug-likeness (QED) is 0.0261. The first kappa shape index (κ1) is 77.0. The van der Waals surface area contributed by atoms with Gasteiger partial charge in [-0.15, -0.1) is 0 Å². The minimum Gasteiger partial charge on any atom is -0.462 e. The van der Waals surface area contributed by atoms with E-state index in [4.69, 9.17) is 14.2 Å². The highest BCUT2D eigenvalue weighted by atomic mass is 16.6. The van der Waals surface area contributed by atoms with Gasteiger partial charge in [-0.25, -0.2) is 0 Å². The molecular formula is C76H122O6. The fraction of sp³-hybridized carbons (Fsp3) is 0.618. The lowest BCUT2D eigenvalue weighted by molar-refractivity contribution is -0.167. The van der Waals surface area contributed by atoms with Crippen molar-refractivity contribution in [2.75, 3.05) is 13.2 Å². The molecule has 6 nitrogen and oxygen atoms in total. The molecule has 1 unspecified atom stereocenters. The number of allylic oxidation sites excluding steroid dienone is 26. The van der Waals surface area contributed by atoms with Gasteiger partial charge < -0.3 is 14.2 Å². The maximum absolute atomic E-state index is 12.8. The van der Waals surface area contributed by atoms with Crippen molar-refractivity contribution >= 4 is 17.9 Å². The van der Waals surface area contributed by atoms with Crippen molar-refractivity contribution in [2.24, 2.45) is 0 Å². The van der Waals surface area contributed by atoms with Gasteiger partial charge in [0.05, 0.1) is 0 Å². The summed E-state index contributed by atoms with van der Waals surface area (Å²) in [5, 5.41) is 0. The maximum Gasteiger partial charge on any atom is 0.306 e. The van der Waals surface area contributed by atoms with Crippen LogP contribution in [0, 0.1) is 0 Å². The summed E-state index contributed by atoms with van der Waals surface area (Å²) >= 11 is 0. The van der Waals surface area contributed by atoms with Crippen LogP contribution in [0.2, 0.25) is 0 Å². The van der Waals surface area contributed by atoms with Gasteiger partial charge in [0.15, 0.2) is 6.10 Å². The van der Waals surface area contributed by atoms with Crippen LogP contribution >= 0.6 is 0 Å². The summed E-state index contributed by atoms with van der Waals surface area (Å²) in [5.74, 6) is -0.940. The summed E-state index contributed by atoms with van der Waals surface area (Å²) in [6.45, 7) is 6.32. The Morgan fingerprint density at radius 1 is 0.256 bits per heavy atom. The normalized spacial score (nSPS) is 13.2. The molecule has 1 atom stereocenters. The Morgan fingerprint density at radius 3 is 0.756 bits per heavy atom. The second-order valence-electron chi connectivity index (χ2n) is 21.6. The molecule has 82 heavy (non-hydrogen) atoms. The van der Waals surface area contributed by atoms with E-state index < -0.39 is 6.10 Å². The van der Waals surface area contributed by atoms with Crippen molar-refractivity contribution < 1.29 is 28.6 Å². The van der Waals surface area contributed by atoms with E-state index >= 15 is 0 Å². The van der Waals surface area contributed by atoms with Crippen LogP contribution in [0.15, 0.2) is 158 Å². The van der Waals surface area contributed by atoms with Crippen molar-refractivity contribution in [3.63, 3.8) is 0 Å². The second kappa shape index (κ2) is 68.5. The molecule has 0 amide bonds. The third kappa shape index (κ3) is 65.8. The number of esters is 3. The van der Waals surface area contributed by atoms with E-state index in [1.54, 1.807) is 0 Å². The molecule has 0 saturated heterocycles. The Morgan fingerprint density at radius 2 is 0.476 bits per heavy atom. The van der Waals surface area contributed by atoms with Gasteiger partial charge in [0.2, 0.25) is 0 Å². The molecule has 0 aromatic heterocycles. The molecule has 0 N–H and O–H groups in total. The third-order valence-corrected chi connectivity index (χ3v) is 13.8. The summed E-state index contributed by atoms with van der Waals surface area (Å²) in [6.07, 6.45) is 100. The topological polar surface area (TPSA) is 78.9 Å². The van der Waals surface area contributed by atoms with E-state index in [0.717, 1.165) is 148 Å². The lowest BCUT2D eigenvalue weighted by Gasteiger charge is -2.18. The van der Waals surface area contributed by atoms with Crippen molar-refractivity contribution in [3.8, 4) is 0 Å². The molecule has 6 heteroatoms. The largest absolute Gasteiger partial charge is 0.462 e. The number of rotatable bonds is 59. The molecule has 0 rings (SSSR count). The van der Waals surface area contributed by atoms with Gasteiger partial charge in [-0.3, -0.25) is 14.4 Å². The van der Waals surface area contributed by atoms with Gasteiger partial charge in [0.1, 0.15) is 13.2 Å². The first-order chi connectivity index (χ1) is 40.5. The minimum atomic E-state index is -0.800. The monoisotopic (exact) mass is 1130 g/mol. The van der Waals surface area contributed by atoms with Gasteiger partial charge in [-0.05, 0) is 128 Å². The Balaban J connectivity index is 4.13. The zero-order valence-electron chi connectivity index (χ0n) is 52.9. The Kier molecular flexibility index (Phi) is 64.4. The molecule has 0 aromatic rings. The molecule has 0 saturated carbocycles. The number of carbonyl (C=O) groups is 3. The molecule has 0 bridgehead atoms. The zero-order valence-corrected chi connectivity index (χ0v) is 52.9. The second-order valence-corrected chi connectivity index (χ2v) is 21.6. The number of unbranched alkanes of at least 4 members (excludes halogenated alkanes) is 22. The van der Waals surface area contributed by atoms with E-state index in [9.17, 15) is 14.4 Å². The van der Waals surface area contributed by atoms with E-state index in [1.807, 2.05) is 0 Å². The van der Waals surface area contributed by atoms with Crippen molar-refractivity contribution in [1.29, 1.82) is 0 Å². The number of hydrogen-bond acceptors (Lipinski definition) is 6. The molecule has 0 aromatic carbocycles. The van der Waals surface area contributed by atoms with E-state index in [0.29, 0.717) is 12.8 Å². The Bertz CT molecular complexity index is 1830. The van der Waals surface area contributed by atoms with Crippen molar-refractivity contribution in [1.82, 2.24) is 0 Å². The first-order valence-corrected chi connectivity index (χ1v) is 33.5. The standard InChI is InChI=1S/C76H122O6/c1-4-7-10-13-16-18-20-22-24-26-28-30-32-34-35-36-37-38-39-40-41-43-44-46-48-50-52-54-56-58-60-63-66-69-75(78)81-72-73(71-80-74(77)68-65-62-15-12-9-6-3)82-76(79)70-67-64-61-59-57-55-53-51-49-47-45-42-33-31-29-27-25-23-21-19-17-14-11-8-5-2/h7-8,10-11,16-19,22-25,28-31,34-35,37-38,42,45,49,51,55,57,73H,4-6,9,12-15,20-21,26-27,32-33,36,39-41,43-44,46-48,50,52-54,56,58-72H2,1-3H3/b10-7-,11-8-,18-16-,19-17-,24-22-,25-23-,30-28-,31-29-,35-34-,38-37-,45-42-,51-49-,57-55-. The molecule has 0 aliphatic heterocycles. The van der Waals surface area contributed by atoms with E-state index in [-0.39, 0.29) is 37.5 Å². The molecule has 0 fully saturated rings. The third-order valence-electron chi connectivity index (χ3n) is 13.8. The summed E-state index contributed by atoms with van der Waals surface area (Å²) in [4.78, 5) is 38.1. The average molecular weight is 1130 g/mol. The van der Waals surface area contributed by atoms with Crippen LogP contribution < -0.4 is 0 Å². The van der Waals surface area contributed by atoms with Gasteiger partial charge in [-0.1, -0.05) is 294 Å². The lowest BCUT2D eigenvalue weighted by Crippen LogP contribution is -2.30. The first-order valence-electron chi connectivity index (χ1n) is 33.5. The molecular weight excluding hydrogens is 1010 g/mol. The highest BCUT2D eigenvalue weighted by Gasteiger charge is 2.19. The molecule has 0 spiro atoms. The summed E-state index contributed by atoms with van der Waals surface area (Å²) in [5.41, 5.74) is 0. The van der Waals surface area contributed by atoms with E-state index in [2.05, 4.69) is 179 Å². The molecule has 0 aliphatic carbocycles. The van der Waals surface area contributed by atoms with Crippen molar-refractivity contribution in [2.45, 2.75) is 290 Å². The van der Waals surface area contributed by atoms with Crippen LogP contribution in [0.5, 0.6) is 0 Å². The zero-order chi connectivity index (χ0) is 59.2. The van der Waals surface area contributed by atoms with Crippen LogP contribution in [0.25, 0.3) is 0 Å². The SMILES string of the molecule is CC/C=C\C/C=C\C/C=C\C/C=C\C/C=C\C/C=C\C/C=C\CCCCCC(=O)OC(COC(=O)CCCCCCCC)COC(=O)CCCCCCCCCCCCCCCC/C=C\C/C=C\C/C=C\C/C=C\C/C=C\C/C=C\CC. The highest BCUT2D eigenvalue weighted by Crippen LogP contribution is 2.16. The lowest BCUT2D eigenvalue weighted by atomic mass is 10.0. The maximum atomic E-state index is 12.8. The summed E-state index contributed by atoms with van der Waals surface area (Å²) in [7, 11) is 0. The summed E-state index contributed by atoms with van der Waals surface area (Å²) in [6, 6.07) is 0. The predicted octanol–water partition coefficient (Wildman–Crippen LogP) is 23.3. The van der Waals surface area contributed by atoms with Crippen LogP contribution in [-0.4, -0.2) is 37.2 Å². The Labute approximate surface area is 505 Å². The molecule has 0 radical (unpaired) electrons. The van der Waals surface area contributed by atoms with Gasteiger partial charge in [0, 0.05) is 19.3 Å². The van der Waals surface area contributed by atoms with Gasteiger partial charge in [-0.2, -0.15) is 0 Å². The van der Waals surface area contributed by atoms with E-state index in [1.165, 1.54) is 96.3 Å². The molecule has 462 valence electrons. The van der Waals surface area contributed by atoms with Crippen LogP contribution in [0.4, 0.5) is 0 Å². The predicted molar refractivity (Wildman–Crippen MR) is 357 cm³/mol. The van der Waals surface area contributed by atoms with Crippen LogP contribution in [-0.2, 0) is 28.6 Å². The van der Waals surface area contributed by atoms with Crippen LogP contribution in [0.3, 0.4) is 0 Å². The number of carbonyl (C=O) groups excluding carboxylic acids is 3. The molecule has 0 aliphatic rings. The molecule has 0 heterocycles. The number of ether oxygens (including phenoxy) is 3. The smallest absolute Gasteiger partial charge is 0.306 e.